The van der Waals surface area contributed by atoms with E-state index in [1.165, 1.54) is 0 Å². The molecule has 6 heteroatoms. The fourth-order valence-electron chi connectivity index (χ4n) is 4.16. The first kappa shape index (κ1) is 28.9. The van der Waals surface area contributed by atoms with Gasteiger partial charge in [0.15, 0.2) is 0 Å². The van der Waals surface area contributed by atoms with Crippen molar-refractivity contribution in [1.82, 2.24) is 4.90 Å². The zero-order valence-electron chi connectivity index (χ0n) is 21.8. The van der Waals surface area contributed by atoms with E-state index in [0.29, 0.717) is 30.2 Å². The highest BCUT2D eigenvalue weighted by molar-refractivity contribution is 9.10. The van der Waals surface area contributed by atoms with Crippen LogP contribution < -0.4 is 0 Å². The van der Waals surface area contributed by atoms with Crippen molar-refractivity contribution in [2.45, 2.75) is 66.3 Å². The van der Waals surface area contributed by atoms with E-state index in [2.05, 4.69) is 43.6 Å². The van der Waals surface area contributed by atoms with Crippen LogP contribution in [0, 0.1) is 11.8 Å². The van der Waals surface area contributed by atoms with Crippen LogP contribution in [0.5, 0.6) is 0 Å². The lowest BCUT2D eigenvalue weighted by molar-refractivity contribution is 0.0422. The number of amides is 1. The highest BCUT2D eigenvalue weighted by Gasteiger charge is 2.32. The Morgan fingerprint density at radius 3 is 2.31 bits per heavy atom. The van der Waals surface area contributed by atoms with Gasteiger partial charge in [-0.15, -0.1) is 0 Å². The minimum atomic E-state index is -0.500. The molecule has 0 N–H and O–H groups in total. The zero-order valence-corrected chi connectivity index (χ0v) is 23.3. The maximum Gasteiger partial charge on any atom is 0.410 e. The Morgan fingerprint density at radius 2 is 1.71 bits per heavy atom. The van der Waals surface area contributed by atoms with Crippen molar-refractivity contribution < 1.29 is 19.1 Å². The lowest BCUT2D eigenvalue weighted by Crippen LogP contribution is -2.39. The Kier molecular flexibility index (Phi) is 12.3. The van der Waals surface area contributed by atoms with Crippen molar-refractivity contribution in [3.05, 3.63) is 69.7 Å². The Labute approximate surface area is 219 Å². The summed E-state index contributed by atoms with van der Waals surface area (Å²) in [6.07, 6.45) is 3.86. The molecule has 1 amide bonds. The Morgan fingerprint density at radius 1 is 1.00 bits per heavy atom. The number of hydrogen-bond acceptors (Lipinski definition) is 4. The number of halogens is 1. The number of nitrogens with zero attached hydrogens (tertiary/aromatic N) is 1. The molecule has 0 aromatic heterocycles. The summed E-state index contributed by atoms with van der Waals surface area (Å²) in [5.74, 6) is 0.188. The summed E-state index contributed by atoms with van der Waals surface area (Å²) in [4.78, 5) is 28.3. The number of benzene rings is 2. The van der Waals surface area contributed by atoms with Crippen molar-refractivity contribution in [2.24, 2.45) is 11.8 Å². The van der Waals surface area contributed by atoms with Gasteiger partial charge in [-0.1, -0.05) is 93.2 Å². The van der Waals surface area contributed by atoms with E-state index in [-0.39, 0.29) is 18.5 Å². The van der Waals surface area contributed by atoms with E-state index < -0.39 is 12.1 Å². The molecular weight excluding hydrogens is 506 g/mol. The van der Waals surface area contributed by atoms with Crippen LogP contribution in [0.1, 0.15) is 87.8 Å². The molecule has 2 rings (SSSR count). The second-order valence-corrected chi connectivity index (χ2v) is 10.2. The van der Waals surface area contributed by atoms with Crippen molar-refractivity contribution in [3.8, 4) is 0 Å². The number of esters is 1. The highest BCUT2D eigenvalue weighted by Crippen LogP contribution is 2.34. The molecule has 2 unspecified atom stereocenters. The van der Waals surface area contributed by atoms with E-state index in [1.54, 1.807) is 17.9 Å². The van der Waals surface area contributed by atoms with E-state index in [4.69, 9.17) is 9.47 Å². The minimum absolute atomic E-state index is 0.206. The lowest BCUT2D eigenvalue weighted by atomic mass is 9.92. The Balaban J connectivity index is 2.52. The van der Waals surface area contributed by atoms with Gasteiger partial charge >= 0.3 is 12.1 Å². The summed E-state index contributed by atoms with van der Waals surface area (Å²) in [6.45, 7) is 11.4. The molecule has 5 nitrogen and oxygen atoms in total. The van der Waals surface area contributed by atoms with Crippen molar-refractivity contribution >= 4 is 28.0 Å². The Hall–Kier alpha value is -2.34. The van der Waals surface area contributed by atoms with Crippen molar-refractivity contribution in [3.63, 3.8) is 0 Å². The summed E-state index contributed by atoms with van der Waals surface area (Å²) in [5, 5.41) is 0. The number of hydrogen-bond donors (Lipinski definition) is 0. The standard InChI is InChI=1S/C29H40BrNO4/c1-6-9-13-22(7-2)20-35-28(32)25-17-16-24(30)18-26(25)27(23-14-11-10-12-15-23)31(19-21(4)5)29(33)34-8-3/h10-12,14-18,21-22,27H,6-9,13,19-20H2,1-5H3. The van der Waals surface area contributed by atoms with Gasteiger partial charge in [0.05, 0.1) is 24.8 Å². The maximum absolute atomic E-state index is 13.4. The fourth-order valence-corrected chi connectivity index (χ4v) is 4.54. The summed E-state index contributed by atoms with van der Waals surface area (Å²) >= 11 is 3.57. The van der Waals surface area contributed by atoms with E-state index in [1.807, 2.05) is 42.5 Å². The number of unbranched alkanes of at least 4 members (excludes halogenated alkanes) is 1. The summed E-state index contributed by atoms with van der Waals surface area (Å²) in [5.41, 5.74) is 2.08. The molecule has 2 aromatic rings. The second-order valence-electron chi connectivity index (χ2n) is 9.30. The van der Waals surface area contributed by atoms with Crippen LogP contribution in [0.4, 0.5) is 4.79 Å². The van der Waals surface area contributed by atoms with Gasteiger partial charge in [0, 0.05) is 11.0 Å². The molecule has 0 fully saturated rings. The average molecular weight is 547 g/mol. The van der Waals surface area contributed by atoms with Gasteiger partial charge in [0.25, 0.3) is 0 Å². The second kappa shape index (κ2) is 14.9. The summed E-state index contributed by atoms with van der Waals surface area (Å²) < 4.78 is 12.1. The monoisotopic (exact) mass is 545 g/mol. The highest BCUT2D eigenvalue weighted by atomic mass is 79.9. The average Bonchev–Trinajstić information content (AvgIpc) is 2.84. The first-order chi connectivity index (χ1) is 16.8. The number of ether oxygens (including phenoxy) is 2. The van der Waals surface area contributed by atoms with Gasteiger partial charge in [0.1, 0.15) is 0 Å². The van der Waals surface area contributed by atoms with Gasteiger partial charge < -0.3 is 9.47 Å². The van der Waals surface area contributed by atoms with Crippen LogP contribution >= 0.6 is 15.9 Å². The molecule has 2 aromatic carbocycles. The third-order valence-electron chi connectivity index (χ3n) is 6.01. The zero-order chi connectivity index (χ0) is 25.8. The third-order valence-corrected chi connectivity index (χ3v) is 6.51. The van der Waals surface area contributed by atoms with Gasteiger partial charge in [-0.05, 0) is 54.5 Å². The molecule has 2 atom stereocenters. The molecule has 0 radical (unpaired) electrons. The molecule has 0 aliphatic carbocycles. The molecule has 0 saturated heterocycles. The van der Waals surface area contributed by atoms with Crippen LogP contribution in [0.25, 0.3) is 0 Å². The van der Waals surface area contributed by atoms with Gasteiger partial charge in [-0.25, -0.2) is 9.59 Å². The SMILES string of the molecule is CCCCC(CC)COC(=O)c1ccc(Br)cc1C(c1ccccc1)N(CC(C)C)C(=O)OCC. The van der Waals surface area contributed by atoms with Crippen LogP contribution in [0.3, 0.4) is 0 Å². The first-order valence-electron chi connectivity index (χ1n) is 12.8. The van der Waals surface area contributed by atoms with E-state index in [9.17, 15) is 9.59 Å². The molecule has 0 aliphatic heterocycles. The predicted octanol–water partition coefficient (Wildman–Crippen LogP) is 8.03. The van der Waals surface area contributed by atoms with E-state index in [0.717, 1.165) is 35.7 Å². The van der Waals surface area contributed by atoms with Crippen molar-refractivity contribution in [1.29, 1.82) is 0 Å². The smallest absolute Gasteiger partial charge is 0.410 e. The number of rotatable bonds is 13. The van der Waals surface area contributed by atoms with Crippen molar-refractivity contribution in [2.75, 3.05) is 19.8 Å². The topological polar surface area (TPSA) is 55.8 Å². The number of carbonyl (C=O) groups excluding carboxylic acids is 2. The normalized spacial score (nSPS) is 12.8. The minimum Gasteiger partial charge on any atom is -0.462 e. The van der Waals surface area contributed by atoms with Gasteiger partial charge in [-0.3, -0.25) is 4.90 Å². The van der Waals surface area contributed by atoms with Gasteiger partial charge in [-0.2, -0.15) is 0 Å². The maximum atomic E-state index is 13.4. The quantitative estimate of drug-likeness (QED) is 0.239. The summed E-state index contributed by atoms with van der Waals surface area (Å²) in [7, 11) is 0. The molecule has 0 bridgehead atoms. The number of carbonyl (C=O) groups is 2. The molecule has 0 aliphatic rings. The largest absolute Gasteiger partial charge is 0.462 e. The predicted molar refractivity (Wildman–Crippen MR) is 145 cm³/mol. The first-order valence-corrected chi connectivity index (χ1v) is 13.6. The van der Waals surface area contributed by atoms with Crippen LogP contribution in [0.15, 0.2) is 53.0 Å². The van der Waals surface area contributed by atoms with Crippen LogP contribution in [-0.4, -0.2) is 36.7 Å². The van der Waals surface area contributed by atoms with E-state index >= 15 is 0 Å². The Bertz CT molecular complexity index is 932. The third kappa shape index (κ3) is 8.68. The van der Waals surface area contributed by atoms with Crippen LogP contribution in [0.2, 0.25) is 0 Å². The summed E-state index contributed by atoms with van der Waals surface area (Å²) in [6, 6.07) is 14.8. The molecule has 0 heterocycles. The van der Waals surface area contributed by atoms with Crippen LogP contribution in [-0.2, 0) is 9.47 Å². The molecule has 0 spiro atoms. The molecule has 192 valence electrons. The molecular formula is C29H40BrNO4. The lowest BCUT2D eigenvalue weighted by Gasteiger charge is -2.34. The molecule has 35 heavy (non-hydrogen) atoms. The fraction of sp³-hybridized carbons (Fsp3) is 0.517. The van der Waals surface area contributed by atoms with Gasteiger partial charge in [0.2, 0.25) is 0 Å². The molecule has 0 saturated carbocycles.